The Hall–Kier alpha value is -3.73. The fourth-order valence-electron chi connectivity index (χ4n) is 2.31. The Balaban J connectivity index is 0.000000121. The number of benzene rings is 2. The van der Waals surface area contributed by atoms with Crippen molar-refractivity contribution in [2.45, 2.75) is 0 Å². The van der Waals surface area contributed by atoms with E-state index in [1.165, 1.54) is 5.39 Å². The molecule has 0 saturated heterocycles. The van der Waals surface area contributed by atoms with E-state index in [4.69, 9.17) is 5.73 Å². The number of aromatic nitrogens is 4. The summed E-state index contributed by atoms with van der Waals surface area (Å²) in [6.45, 7) is 0. The summed E-state index contributed by atoms with van der Waals surface area (Å²) in [7, 11) is 0. The van der Waals surface area contributed by atoms with Crippen LogP contribution in [0.4, 0.5) is 5.82 Å². The molecule has 5 heteroatoms. The molecular weight excluding hydrogens is 322 g/mol. The van der Waals surface area contributed by atoms with Crippen molar-refractivity contribution in [1.29, 1.82) is 0 Å². The first-order valence-electron chi connectivity index (χ1n) is 8.17. The van der Waals surface area contributed by atoms with Gasteiger partial charge in [-0.05, 0) is 30.3 Å². The summed E-state index contributed by atoms with van der Waals surface area (Å²) in [5.74, 6) is 0.573. The molecule has 26 heavy (non-hydrogen) atoms. The van der Waals surface area contributed by atoms with Gasteiger partial charge in [0.25, 0.3) is 0 Å². The number of aromatic amines is 1. The Morgan fingerprint density at radius 2 is 1.38 bits per heavy atom. The fourth-order valence-corrected chi connectivity index (χ4v) is 2.31. The third-order valence-corrected chi connectivity index (χ3v) is 3.54. The largest absolute Gasteiger partial charge is 0.384 e. The summed E-state index contributed by atoms with van der Waals surface area (Å²) in [4.78, 5) is 14.8. The fraction of sp³-hybridized carbons (Fsp3) is 0. The predicted octanol–water partition coefficient (Wildman–Crippen LogP) is 4.46. The Bertz CT molecular complexity index is 975. The number of anilines is 1. The quantitative estimate of drug-likeness (QED) is 0.436. The van der Waals surface area contributed by atoms with Crippen LogP contribution in [-0.4, -0.2) is 19.9 Å². The van der Waals surface area contributed by atoms with Crippen LogP contribution in [0.5, 0.6) is 0 Å². The Morgan fingerprint density at radius 1 is 0.692 bits per heavy atom. The summed E-state index contributed by atoms with van der Waals surface area (Å²) in [6, 6.07) is 23.8. The number of hydrogen-bond acceptors (Lipinski definition) is 4. The highest BCUT2D eigenvalue weighted by Gasteiger charge is 1.91. The molecule has 128 valence electrons. The standard InChI is InChI=1S/C9H8N2.C9H7N.C3H4N2/c10-9-6-5-7-3-1-2-4-8(7)11-9;1-2-6-9-8(4-1)5-3-7-10-9;1-2-5-3-4-1/h1-6H,(H2,10,11);1-7H;1-3H,(H,4,5). The molecule has 3 aromatic heterocycles. The number of nitrogens with one attached hydrogen (secondary N) is 1. The number of hydrogen-bond donors (Lipinski definition) is 2. The lowest BCUT2D eigenvalue weighted by molar-refractivity contribution is 1.31. The molecule has 0 bridgehead atoms. The predicted molar refractivity (Wildman–Crippen MR) is 106 cm³/mol. The van der Waals surface area contributed by atoms with Crippen molar-refractivity contribution in [3.8, 4) is 0 Å². The summed E-state index contributed by atoms with van der Waals surface area (Å²) >= 11 is 0. The number of nitrogens with two attached hydrogens (primary N) is 1. The number of imidazole rings is 1. The normalized spacial score (nSPS) is 9.69. The highest BCUT2D eigenvalue weighted by molar-refractivity contribution is 5.79. The van der Waals surface area contributed by atoms with E-state index in [9.17, 15) is 0 Å². The SMILES string of the molecule is Nc1ccc2ccccc2n1.c1c[nH]cn1.c1ccc2ncccc2c1. The minimum atomic E-state index is 0.573. The molecule has 0 radical (unpaired) electrons. The van der Waals surface area contributed by atoms with E-state index in [-0.39, 0.29) is 0 Å². The van der Waals surface area contributed by atoms with E-state index in [1.54, 1.807) is 18.7 Å². The number of rotatable bonds is 0. The molecule has 5 nitrogen and oxygen atoms in total. The third-order valence-electron chi connectivity index (χ3n) is 3.54. The van der Waals surface area contributed by atoms with Crippen LogP contribution in [0.2, 0.25) is 0 Å². The van der Waals surface area contributed by atoms with Gasteiger partial charge >= 0.3 is 0 Å². The van der Waals surface area contributed by atoms with Crippen LogP contribution in [0.1, 0.15) is 0 Å². The Morgan fingerprint density at radius 3 is 2.04 bits per heavy atom. The summed E-state index contributed by atoms with van der Waals surface area (Å²) in [6.07, 6.45) is 6.89. The third kappa shape index (κ3) is 4.88. The van der Waals surface area contributed by atoms with Crippen LogP contribution >= 0.6 is 0 Å². The van der Waals surface area contributed by atoms with Crippen molar-refractivity contribution in [2.75, 3.05) is 5.73 Å². The van der Waals surface area contributed by atoms with Crippen LogP contribution in [0.15, 0.2) is 97.7 Å². The lowest BCUT2D eigenvalue weighted by Crippen LogP contribution is -1.88. The van der Waals surface area contributed by atoms with Crippen molar-refractivity contribution >= 4 is 27.6 Å². The number of nitrogen functional groups attached to an aromatic ring is 1. The first-order chi connectivity index (χ1) is 12.8. The van der Waals surface area contributed by atoms with Crippen LogP contribution in [-0.2, 0) is 0 Å². The van der Waals surface area contributed by atoms with Crippen molar-refractivity contribution < 1.29 is 0 Å². The zero-order valence-electron chi connectivity index (χ0n) is 14.2. The maximum absolute atomic E-state index is 5.51. The van der Waals surface area contributed by atoms with E-state index in [0.717, 1.165) is 16.4 Å². The van der Waals surface area contributed by atoms with E-state index in [1.807, 2.05) is 66.9 Å². The summed E-state index contributed by atoms with van der Waals surface area (Å²) < 4.78 is 0. The summed E-state index contributed by atoms with van der Waals surface area (Å²) in [5, 5.41) is 2.33. The molecule has 0 aliphatic carbocycles. The molecule has 0 fully saturated rings. The number of para-hydroxylation sites is 2. The monoisotopic (exact) mass is 341 g/mol. The maximum Gasteiger partial charge on any atom is 0.124 e. The average Bonchev–Trinajstić information content (AvgIpc) is 3.29. The first kappa shape index (κ1) is 17.1. The Labute approximate surface area is 151 Å². The Kier molecular flexibility index (Phi) is 5.88. The van der Waals surface area contributed by atoms with Gasteiger partial charge in [0.05, 0.1) is 17.4 Å². The second-order valence-electron chi connectivity index (χ2n) is 5.39. The van der Waals surface area contributed by atoms with Gasteiger partial charge in [0.1, 0.15) is 5.82 Å². The zero-order chi connectivity index (χ0) is 18.0. The summed E-state index contributed by atoms with van der Waals surface area (Å²) in [5.41, 5.74) is 7.52. The van der Waals surface area contributed by atoms with Crippen LogP contribution in [0.3, 0.4) is 0 Å². The molecule has 3 heterocycles. The number of pyridine rings is 2. The van der Waals surface area contributed by atoms with E-state index < -0.39 is 0 Å². The highest BCUT2D eigenvalue weighted by Crippen LogP contribution is 2.11. The lowest BCUT2D eigenvalue weighted by Gasteiger charge is -1.95. The van der Waals surface area contributed by atoms with Gasteiger partial charge < -0.3 is 10.7 Å². The minimum absolute atomic E-state index is 0.573. The highest BCUT2D eigenvalue weighted by atomic mass is 14.8. The molecule has 0 unspecified atom stereocenters. The second kappa shape index (κ2) is 8.94. The molecule has 2 aromatic carbocycles. The van der Waals surface area contributed by atoms with Crippen molar-refractivity contribution in [3.05, 3.63) is 97.7 Å². The van der Waals surface area contributed by atoms with Gasteiger partial charge in [0.15, 0.2) is 0 Å². The molecule has 0 aliphatic heterocycles. The molecule has 0 saturated carbocycles. The molecular formula is C21H19N5. The van der Waals surface area contributed by atoms with Crippen LogP contribution in [0, 0.1) is 0 Å². The molecule has 0 spiro atoms. The van der Waals surface area contributed by atoms with Gasteiger partial charge in [0.2, 0.25) is 0 Å². The number of fused-ring (bicyclic) bond motifs is 2. The molecule has 5 aromatic rings. The molecule has 3 N–H and O–H groups in total. The first-order valence-corrected chi connectivity index (χ1v) is 8.17. The number of nitrogens with zero attached hydrogens (tertiary/aromatic N) is 3. The molecule has 0 amide bonds. The van der Waals surface area contributed by atoms with E-state index in [2.05, 4.69) is 32.1 Å². The second-order valence-corrected chi connectivity index (χ2v) is 5.39. The number of H-pyrrole nitrogens is 1. The van der Waals surface area contributed by atoms with E-state index in [0.29, 0.717) is 5.82 Å². The van der Waals surface area contributed by atoms with Gasteiger partial charge in [-0.3, -0.25) is 4.98 Å². The van der Waals surface area contributed by atoms with Gasteiger partial charge in [-0.2, -0.15) is 0 Å². The van der Waals surface area contributed by atoms with Gasteiger partial charge in [0, 0.05) is 29.4 Å². The van der Waals surface area contributed by atoms with E-state index >= 15 is 0 Å². The average molecular weight is 341 g/mol. The smallest absolute Gasteiger partial charge is 0.124 e. The molecule has 0 atom stereocenters. The zero-order valence-corrected chi connectivity index (χ0v) is 14.2. The van der Waals surface area contributed by atoms with Crippen LogP contribution in [0.25, 0.3) is 21.8 Å². The topological polar surface area (TPSA) is 80.5 Å². The van der Waals surface area contributed by atoms with Gasteiger partial charge in [-0.15, -0.1) is 0 Å². The van der Waals surface area contributed by atoms with Crippen LogP contribution < -0.4 is 5.73 Å². The molecule has 5 rings (SSSR count). The lowest BCUT2D eigenvalue weighted by atomic mass is 10.2. The van der Waals surface area contributed by atoms with Gasteiger partial charge in [-0.1, -0.05) is 42.5 Å². The van der Waals surface area contributed by atoms with Crippen molar-refractivity contribution in [3.63, 3.8) is 0 Å². The maximum atomic E-state index is 5.51. The van der Waals surface area contributed by atoms with Gasteiger partial charge in [-0.25, -0.2) is 9.97 Å². The van der Waals surface area contributed by atoms with Crippen molar-refractivity contribution in [2.24, 2.45) is 0 Å². The molecule has 0 aliphatic rings. The minimum Gasteiger partial charge on any atom is -0.384 e. The van der Waals surface area contributed by atoms with Crippen molar-refractivity contribution in [1.82, 2.24) is 19.9 Å².